The Hall–Kier alpha value is -1.88. The lowest BCUT2D eigenvalue weighted by Crippen LogP contribution is -2.45. The number of nitrogens with zero attached hydrogens (tertiary/aromatic N) is 2. The van der Waals surface area contributed by atoms with Gasteiger partial charge in [-0.2, -0.15) is 0 Å². The molecule has 0 spiro atoms. The fourth-order valence-electron chi connectivity index (χ4n) is 2.82. The van der Waals surface area contributed by atoms with Gasteiger partial charge in [-0.05, 0) is 31.0 Å². The molecular formula is C18H22N2O2S. The maximum absolute atomic E-state index is 12.9. The number of carbonyl (C=O) groups is 1. The first-order valence-corrected chi connectivity index (χ1v) is 8.75. The lowest BCUT2D eigenvalue weighted by Gasteiger charge is -2.41. The highest BCUT2D eigenvalue weighted by Crippen LogP contribution is 2.37. The highest BCUT2D eigenvalue weighted by molar-refractivity contribution is 7.13. The quantitative estimate of drug-likeness (QED) is 0.845. The third-order valence-corrected chi connectivity index (χ3v) is 5.71. The number of likely N-dealkylation sites (tertiary alicyclic amines) is 1. The van der Waals surface area contributed by atoms with Crippen molar-refractivity contribution in [1.82, 2.24) is 9.88 Å². The average molecular weight is 330 g/mol. The molecule has 1 unspecified atom stereocenters. The second kappa shape index (κ2) is 6.32. The van der Waals surface area contributed by atoms with Crippen LogP contribution in [0.2, 0.25) is 0 Å². The van der Waals surface area contributed by atoms with E-state index in [-0.39, 0.29) is 11.9 Å². The summed E-state index contributed by atoms with van der Waals surface area (Å²) < 4.78 is 5.29. The maximum atomic E-state index is 12.9. The molecule has 2 aromatic rings. The monoisotopic (exact) mass is 330 g/mol. The molecule has 1 aromatic heterocycles. The Morgan fingerprint density at radius 2 is 2.22 bits per heavy atom. The van der Waals surface area contributed by atoms with Crippen LogP contribution in [0.1, 0.15) is 58.2 Å². The van der Waals surface area contributed by atoms with Crippen molar-refractivity contribution in [2.75, 3.05) is 13.7 Å². The van der Waals surface area contributed by atoms with Gasteiger partial charge in [-0.15, -0.1) is 11.3 Å². The first-order chi connectivity index (χ1) is 11.0. The van der Waals surface area contributed by atoms with E-state index in [4.69, 9.17) is 4.74 Å². The summed E-state index contributed by atoms with van der Waals surface area (Å²) in [6.07, 6.45) is 0.994. The molecule has 0 saturated carbocycles. The topological polar surface area (TPSA) is 42.4 Å². The van der Waals surface area contributed by atoms with Crippen molar-refractivity contribution in [2.24, 2.45) is 0 Å². The Labute approximate surface area is 141 Å². The molecule has 0 N–H and O–H groups in total. The van der Waals surface area contributed by atoms with Gasteiger partial charge in [-0.1, -0.05) is 26.0 Å². The van der Waals surface area contributed by atoms with Gasteiger partial charge in [0.25, 0.3) is 5.91 Å². The highest BCUT2D eigenvalue weighted by Gasteiger charge is 2.35. The van der Waals surface area contributed by atoms with Crippen LogP contribution in [0.4, 0.5) is 0 Å². The molecule has 0 radical (unpaired) electrons. The molecule has 1 aromatic carbocycles. The number of aryl methyl sites for hydroxylation is 1. The second-order valence-corrected chi connectivity index (χ2v) is 7.23. The van der Waals surface area contributed by atoms with Crippen LogP contribution in [0.25, 0.3) is 0 Å². The summed E-state index contributed by atoms with van der Waals surface area (Å²) in [7, 11) is 1.66. The molecule has 0 aliphatic carbocycles. The summed E-state index contributed by atoms with van der Waals surface area (Å²) in [6, 6.07) is 8.12. The molecule has 23 heavy (non-hydrogen) atoms. The standard InChI is InChI=1S/C18H22N2O2S/c1-11(2)17-19-12(3)16(23-17)18(21)20-9-8-15(20)13-6-5-7-14(10-13)22-4/h5-7,10-11,15H,8-9H2,1-4H3. The summed E-state index contributed by atoms with van der Waals surface area (Å²) in [5.41, 5.74) is 1.98. The molecule has 5 heteroatoms. The van der Waals surface area contributed by atoms with Gasteiger partial charge >= 0.3 is 0 Å². The third-order valence-electron chi connectivity index (χ3n) is 4.26. The lowest BCUT2D eigenvalue weighted by molar-refractivity contribution is 0.0464. The minimum atomic E-state index is 0.103. The number of ether oxygens (including phenoxy) is 1. The van der Waals surface area contributed by atoms with Crippen molar-refractivity contribution in [3.8, 4) is 5.75 Å². The van der Waals surface area contributed by atoms with Gasteiger partial charge < -0.3 is 9.64 Å². The van der Waals surface area contributed by atoms with E-state index in [0.717, 1.165) is 39.9 Å². The molecule has 1 amide bonds. The number of hydrogen-bond acceptors (Lipinski definition) is 4. The summed E-state index contributed by atoms with van der Waals surface area (Å²) in [5, 5.41) is 1.03. The molecule has 3 rings (SSSR count). The zero-order valence-electron chi connectivity index (χ0n) is 14.0. The Kier molecular flexibility index (Phi) is 4.39. The van der Waals surface area contributed by atoms with Gasteiger partial charge in [0.1, 0.15) is 10.6 Å². The number of benzene rings is 1. The fraction of sp³-hybridized carbons (Fsp3) is 0.444. The zero-order chi connectivity index (χ0) is 16.6. The molecule has 122 valence electrons. The van der Waals surface area contributed by atoms with Gasteiger partial charge in [-0.3, -0.25) is 4.79 Å². The molecule has 1 aliphatic rings. The van der Waals surface area contributed by atoms with Crippen molar-refractivity contribution >= 4 is 17.2 Å². The number of amides is 1. The minimum absolute atomic E-state index is 0.103. The van der Waals surface area contributed by atoms with Crippen LogP contribution in [0.5, 0.6) is 5.75 Å². The van der Waals surface area contributed by atoms with Crippen LogP contribution in [0, 0.1) is 6.92 Å². The Morgan fingerprint density at radius 1 is 1.43 bits per heavy atom. The van der Waals surface area contributed by atoms with Crippen LogP contribution in [-0.4, -0.2) is 29.4 Å². The zero-order valence-corrected chi connectivity index (χ0v) is 14.8. The predicted octanol–water partition coefficient (Wildman–Crippen LogP) is 4.17. The smallest absolute Gasteiger partial charge is 0.266 e. The summed E-state index contributed by atoms with van der Waals surface area (Å²) in [4.78, 5) is 20.2. The number of thiazole rings is 1. The largest absolute Gasteiger partial charge is 0.497 e. The van der Waals surface area contributed by atoms with Gasteiger partial charge in [0.2, 0.25) is 0 Å². The molecular weight excluding hydrogens is 308 g/mol. The first-order valence-electron chi connectivity index (χ1n) is 7.93. The third kappa shape index (κ3) is 2.98. The van der Waals surface area contributed by atoms with Gasteiger partial charge in [-0.25, -0.2) is 4.98 Å². The van der Waals surface area contributed by atoms with Crippen molar-refractivity contribution in [1.29, 1.82) is 0 Å². The summed E-state index contributed by atoms with van der Waals surface area (Å²) in [5.74, 6) is 1.29. The van der Waals surface area contributed by atoms with Crippen LogP contribution >= 0.6 is 11.3 Å². The van der Waals surface area contributed by atoms with E-state index < -0.39 is 0 Å². The summed E-state index contributed by atoms with van der Waals surface area (Å²) >= 11 is 1.53. The van der Waals surface area contributed by atoms with Gasteiger partial charge in [0, 0.05) is 12.5 Å². The number of carbonyl (C=O) groups excluding carboxylic acids is 1. The van der Waals surface area contributed by atoms with E-state index in [1.165, 1.54) is 11.3 Å². The molecule has 1 fully saturated rings. The number of rotatable bonds is 4. The van der Waals surface area contributed by atoms with E-state index >= 15 is 0 Å². The lowest BCUT2D eigenvalue weighted by atomic mass is 9.94. The van der Waals surface area contributed by atoms with Crippen LogP contribution in [0.15, 0.2) is 24.3 Å². The molecule has 1 saturated heterocycles. The van der Waals surface area contributed by atoms with Gasteiger partial charge in [0.05, 0.1) is 23.9 Å². The van der Waals surface area contributed by atoms with Crippen molar-refractivity contribution in [3.63, 3.8) is 0 Å². The second-order valence-electron chi connectivity index (χ2n) is 6.20. The van der Waals surface area contributed by atoms with Gasteiger partial charge in [0.15, 0.2) is 0 Å². The molecule has 1 atom stereocenters. The number of hydrogen-bond donors (Lipinski definition) is 0. The first kappa shape index (κ1) is 16.0. The summed E-state index contributed by atoms with van der Waals surface area (Å²) in [6.45, 7) is 6.94. The Morgan fingerprint density at radius 3 is 2.78 bits per heavy atom. The highest BCUT2D eigenvalue weighted by atomic mass is 32.1. The van der Waals surface area contributed by atoms with E-state index in [2.05, 4.69) is 24.9 Å². The molecule has 2 heterocycles. The van der Waals surface area contributed by atoms with Crippen molar-refractivity contribution in [2.45, 2.75) is 39.2 Å². The fourth-order valence-corrected chi connectivity index (χ4v) is 3.84. The molecule has 0 bridgehead atoms. The van der Waals surface area contributed by atoms with Crippen LogP contribution in [-0.2, 0) is 0 Å². The Bertz CT molecular complexity index is 724. The van der Waals surface area contributed by atoms with Crippen molar-refractivity contribution < 1.29 is 9.53 Å². The van der Waals surface area contributed by atoms with E-state index in [1.54, 1.807) is 7.11 Å². The van der Waals surface area contributed by atoms with E-state index in [9.17, 15) is 4.79 Å². The van der Waals surface area contributed by atoms with E-state index in [1.807, 2.05) is 30.0 Å². The number of methoxy groups -OCH3 is 1. The van der Waals surface area contributed by atoms with Crippen molar-refractivity contribution in [3.05, 3.63) is 45.4 Å². The Balaban J connectivity index is 1.83. The minimum Gasteiger partial charge on any atom is -0.497 e. The SMILES string of the molecule is COc1cccc(C2CCN2C(=O)c2sc(C(C)C)nc2C)c1. The predicted molar refractivity (Wildman–Crippen MR) is 92.3 cm³/mol. The number of aromatic nitrogens is 1. The molecule has 4 nitrogen and oxygen atoms in total. The molecule has 1 aliphatic heterocycles. The van der Waals surface area contributed by atoms with Crippen LogP contribution < -0.4 is 4.74 Å². The van der Waals surface area contributed by atoms with Crippen LogP contribution in [0.3, 0.4) is 0 Å². The van der Waals surface area contributed by atoms with E-state index in [0.29, 0.717) is 5.92 Å². The normalized spacial score (nSPS) is 17.3. The average Bonchev–Trinajstić information content (AvgIpc) is 2.88. The maximum Gasteiger partial charge on any atom is 0.266 e.